The van der Waals surface area contributed by atoms with Gasteiger partial charge in [0.25, 0.3) is 5.91 Å². The molecule has 2 aliphatic heterocycles. The molecular weight excluding hydrogens is 378 g/mol. The quantitative estimate of drug-likeness (QED) is 0.795. The minimum atomic E-state index is -0.202. The molecular formula is C23H29N5O2. The zero-order valence-electron chi connectivity index (χ0n) is 17.2. The smallest absolute Gasteiger partial charge is 0.259 e. The largest absolute Gasteiger partial charge is 0.371 e. The lowest BCUT2D eigenvalue weighted by Crippen LogP contribution is -2.38. The van der Waals surface area contributed by atoms with Crippen molar-refractivity contribution in [3.63, 3.8) is 0 Å². The van der Waals surface area contributed by atoms with Crippen molar-refractivity contribution in [3.8, 4) is 0 Å². The second-order valence-corrected chi connectivity index (χ2v) is 8.09. The van der Waals surface area contributed by atoms with Crippen LogP contribution in [0.25, 0.3) is 0 Å². The van der Waals surface area contributed by atoms with E-state index in [1.165, 1.54) is 6.42 Å². The molecule has 0 unspecified atom stereocenters. The molecule has 7 heteroatoms. The maximum absolute atomic E-state index is 12.9. The first kappa shape index (κ1) is 20.2. The van der Waals surface area contributed by atoms with Crippen LogP contribution in [0.2, 0.25) is 0 Å². The molecule has 0 aliphatic carbocycles. The number of piperidine rings is 2. The lowest BCUT2D eigenvalue weighted by atomic mass is 9.96. The Morgan fingerprint density at radius 3 is 2.30 bits per heavy atom. The van der Waals surface area contributed by atoms with Crippen LogP contribution in [0, 0.1) is 5.92 Å². The zero-order valence-corrected chi connectivity index (χ0v) is 17.2. The predicted octanol–water partition coefficient (Wildman–Crippen LogP) is 3.03. The van der Waals surface area contributed by atoms with Crippen LogP contribution in [-0.2, 0) is 4.79 Å². The van der Waals surface area contributed by atoms with E-state index in [2.05, 4.69) is 20.1 Å². The number of amides is 2. The Balaban J connectivity index is 1.41. The van der Waals surface area contributed by atoms with Crippen molar-refractivity contribution >= 4 is 29.0 Å². The Hall–Kier alpha value is -3.09. The van der Waals surface area contributed by atoms with E-state index < -0.39 is 0 Å². The molecule has 3 N–H and O–H groups in total. The summed E-state index contributed by atoms with van der Waals surface area (Å²) < 4.78 is 0. The molecule has 2 aromatic rings. The van der Waals surface area contributed by atoms with Gasteiger partial charge in [0, 0.05) is 49.7 Å². The highest BCUT2D eigenvalue weighted by Gasteiger charge is 2.23. The van der Waals surface area contributed by atoms with Crippen LogP contribution < -0.4 is 20.9 Å². The lowest BCUT2D eigenvalue weighted by Gasteiger charge is -2.32. The standard InChI is InChI=1S/C23H29N5O2/c24-21(29)17-10-15-27(16-11-17)19-8-6-18(7-9-19)26-23(30)20-5-4-12-25-22(20)28-13-2-1-3-14-28/h4-9,12,17H,1-3,10-11,13-16H2,(H2,24,29)(H,26,30). The van der Waals surface area contributed by atoms with E-state index in [4.69, 9.17) is 5.73 Å². The molecule has 158 valence electrons. The molecule has 2 aliphatic rings. The van der Waals surface area contributed by atoms with Crippen LogP contribution in [0.5, 0.6) is 0 Å². The minimum Gasteiger partial charge on any atom is -0.371 e. The Morgan fingerprint density at radius 1 is 0.933 bits per heavy atom. The Labute approximate surface area is 177 Å². The number of hydrogen-bond acceptors (Lipinski definition) is 5. The monoisotopic (exact) mass is 407 g/mol. The highest BCUT2D eigenvalue weighted by Crippen LogP contribution is 2.26. The zero-order chi connectivity index (χ0) is 20.9. The number of benzene rings is 1. The second kappa shape index (κ2) is 9.15. The molecule has 0 saturated carbocycles. The summed E-state index contributed by atoms with van der Waals surface area (Å²) in [7, 11) is 0. The first-order valence-corrected chi connectivity index (χ1v) is 10.8. The lowest BCUT2D eigenvalue weighted by molar-refractivity contribution is -0.122. The molecule has 4 rings (SSSR count). The molecule has 3 heterocycles. The first-order valence-electron chi connectivity index (χ1n) is 10.8. The molecule has 0 spiro atoms. The summed E-state index contributed by atoms with van der Waals surface area (Å²) in [6, 6.07) is 11.5. The maximum atomic E-state index is 12.9. The molecule has 1 aromatic heterocycles. The minimum absolute atomic E-state index is 0.0200. The Morgan fingerprint density at radius 2 is 1.63 bits per heavy atom. The molecule has 2 saturated heterocycles. The van der Waals surface area contributed by atoms with E-state index >= 15 is 0 Å². The maximum Gasteiger partial charge on any atom is 0.259 e. The number of carbonyl (C=O) groups excluding carboxylic acids is 2. The van der Waals surface area contributed by atoms with E-state index in [0.717, 1.165) is 69.1 Å². The molecule has 2 fully saturated rings. The van der Waals surface area contributed by atoms with Crippen LogP contribution in [0.1, 0.15) is 42.5 Å². The Bertz CT molecular complexity index is 885. The van der Waals surface area contributed by atoms with Gasteiger partial charge in [0.05, 0.1) is 5.56 Å². The molecule has 1 aromatic carbocycles. The summed E-state index contributed by atoms with van der Waals surface area (Å²) in [5.74, 6) is 0.405. The number of nitrogens with zero attached hydrogens (tertiary/aromatic N) is 3. The van der Waals surface area contributed by atoms with E-state index in [1.807, 2.05) is 30.3 Å². The van der Waals surface area contributed by atoms with Gasteiger partial charge in [-0.25, -0.2) is 4.98 Å². The number of rotatable bonds is 5. The van der Waals surface area contributed by atoms with Crippen molar-refractivity contribution in [2.24, 2.45) is 11.7 Å². The molecule has 2 amide bonds. The van der Waals surface area contributed by atoms with Gasteiger partial charge in [-0.15, -0.1) is 0 Å². The average Bonchev–Trinajstić information content (AvgIpc) is 2.80. The summed E-state index contributed by atoms with van der Waals surface area (Å²) in [6.07, 6.45) is 6.82. The summed E-state index contributed by atoms with van der Waals surface area (Å²) >= 11 is 0. The summed E-state index contributed by atoms with van der Waals surface area (Å²) in [6.45, 7) is 3.51. The van der Waals surface area contributed by atoms with Crippen molar-refractivity contribution in [2.45, 2.75) is 32.1 Å². The highest BCUT2D eigenvalue weighted by molar-refractivity contribution is 6.07. The number of primary amides is 1. The second-order valence-electron chi connectivity index (χ2n) is 8.09. The summed E-state index contributed by atoms with van der Waals surface area (Å²) in [5.41, 5.74) is 7.87. The van der Waals surface area contributed by atoms with Crippen LogP contribution in [-0.4, -0.2) is 43.0 Å². The van der Waals surface area contributed by atoms with E-state index in [1.54, 1.807) is 12.3 Å². The number of aromatic nitrogens is 1. The van der Waals surface area contributed by atoms with Crippen molar-refractivity contribution < 1.29 is 9.59 Å². The summed E-state index contributed by atoms with van der Waals surface area (Å²) in [4.78, 5) is 33.2. The third-order valence-corrected chi connectivity index (χ3v) is 6.07. The van der Waals surface area contributed by atoms with Crippen molar-refractivity contribution in [2.75, 3.05) is 41.3 Å². The fourth-order valence-electron chi connectivity index (χ4n) is 4.31. The fraction of sp³-hybridized carbons (Fsp3) is 0.435. The number of nitrogens with two attached hydrogens (primary N) is 1. The number of carbonyl (C=O) groups is 2. The van der Waals surface area contributed by atoms with Crippen molar-refractivity contribution in [1.29, 1.82) is 0 Å². The number of hydrogen-bond donors (Lipinski definition) is 2. The van der Waals surface area contributed by atoms with Gasteiger partial charge in [0.1, 0.15) is 5.82 Å². The van der Waals surface area contributed by atoms with Gasteiger partial charge in [-0.2, -0.15) is 0 Å². The molecule has 0 bridgehead atoms. The van der Waals surface area contributed by atoms with Gasteiger partial charge >= 0.3 is 0 Å². The third-order valence-electron chi connectivity index (χ3n) is 6.07. The van der Waals surface area contributed by atoms with Crippen LogP contribution in [0.4, 0.5) is 17.2 Å². The molecule has 0 radical (unpaired) electrons. The topological polar surface area (TPSA) is 91.6 Å². The van der Waals surface area contributed by atoms with Crippen LogP contribution in [0.15, 0.2) is 42.6 Å². The number of nitrogens with one attached hydrogen (secondary N) is 1. The molecule has 7 nitrogen and oxygen atoms in total. The van der Waals surface area contributed by atoms with E-state index in [-0.39, 0.29) is 17.7 Å². The first-order chi connectivity index (χ1) is 14.6. The van der Waals surface area contributed by atoms with Crippen LogP contribution >= 0.6 is 0 Å². The van der Waals surface area contributed by atoms with Gasteiger partial charge < -0.3 is 20.9 Å². The Kier molecular flexibility index (Phi) is 6.16. The summed E-state index contributed by atoms with van der Waals surface area (Å²) in [5, 5.41) is 3.00. The van der Waals surface area contributed by atoms with E-state index in [9.17, 15) is 9.59 Å². The predicted molar refractivity (Wildman–Crippen MR) is 119 cm³/mol. The number of pyridine rings is 1. The SMILES string of the molecule is NC(=O)C1CCN(c2ccc(NC(=O)c3cccnc3N3CCCCC3)cc2)CC1. The van der Waals surface area contributed by atoms with Gasteiger partial charge in [-0.05, 0) is 68.5 Å². The number of anilines is 3. The van der Waals surface area contributed by atoms with Gasteiger partial charge in [0.2, 0.25) is 5.91 Å². The highest BCUT2D eigenvalue weighted by atomic mass is 16.2. The molecule has 0 atom stereocenters. The fourth-order valence-corrected chi connectivity index (χ4v) is 4.31. The van der Waals surface area contributed by atoms with Crippen molar-refractivity contribution in [1.82, 2.24) is 4.98 Å². The van der Waals surface area contributed by atoms with E-state index in [0.29, 0.717) is 5.56 Å². The van der Waals surface area contributed by atoms with Crippen molar-refractivity contribution in [3.05, 3.63) is 48.2 Å². The average molecular weight is 408 g/mol. The van der Waals surface area contributed by atoms with Gasteiger partial charge in [0.15, 0.2) is 0 Å². The normalized spacial score (nSPS) is 17.6. The third kappa shape index (κ3) is 4.56. The van der Waals surface area contributed by atoms with Gasteiger partial charge in [-0.3, -0.25) is 9.59 Å². The van der Waals surface area contributed by atoms with Crippen LogP contribution in [0.3, 0.4) is 0 Å². The molecule has 30 heavy (non-hydrogen) atoms. The van der Waals surface area contributed by atoms with Gasteiger partial charge in [-0.1, -0.05) is 0 Å².